The molecule has 0 atom stereocenters. The molecule has 0 saturated heterocycles. The highest BCUT2D eigenvalue weighted by Gasteiger charge is 2.12. The molecule has 3 nitrogen and oxygen atoms in total. The molecule has 1 fully saturated rings. The monoisotopic (exact) mass is 218 g/mol. The molecule has 1 aliphatic rings. The lowest BCUT2D eigenvalue weighted by Crippen LogP contribution is -2.16. The molecule has 1 rings (SSSR count). The van der Waals surface area contributed by atoms with Gasteiger partial charge in [-0.3, -0.25) is 0 Å². The first-order valence-corrected chi connectivity index (χ1v) is 6.18. The predicted molar refractivity (Wildman–Crippen MR) is 61.9 cm³/mol. The van der Waals surface area contributed by atoms with E-state index in [4.69, 9.17) is 14.9 Å². The van der Waals surface area contributed by atoms with Crippen molar-refractivity contribution < 1.29 is 14.9 Å². The van der Waals surface area contributed by atoms with E-state index in [2.05, 4.69) is 6.92 Å². The van der Waals surface area contributed by atoms with Crippen molar-refractivity contribution in [2.45, 2.75) is 58.0 Å². The number of unbranched alkanes of at least 4 members (excludes halogenated alkanes) is 1. The maximum Gasteiger partial charge on any atom is 0.0662 e. The van der Waals surface area contributed by atoms with Gasteiger partial charge in [-0.25, -0.2) is 0 Å². The van der Waals surface area contributed by atoms with Crippen LogP contribution in [0.1, 0.15) is 51.9 Å². The number of hydrogen-bond donors (Lipinski definition) is 2. The predicted octanol–water partition coefficient (Wildman–Crippen LogP) is 2.11. The average Bonchev–Trinajstić information content (AvgIpc) is 2.31. The maximum absolute atomic E-state index is 7.62. The summed E-state index contributed by atoms with van der Waals surface area (Å²) in [6.45, 7) is 2.95. The zero-order chi connectivity index (χ0) is 11.4. The molecule has 0 spiro atoms. The van der Waals surface area contributed by atoms with E-state index in [1.165, 1.54) is 44.9 Å². The maximum atomic E-state index is 7.62. The van der Waals surface area contributed by atoms with Crippen molar-refractivity contribution >= 4 is 0 Å². The number of rotatable bonds is 5. The van der Waals surface area contributed by atoms with Crippen molar-refractivity contribution in [3.63, 3.8) is 0 Å². The second-order valence-corrected chi connectivity index (χ2v) is 3.93. The van der Waals surface area contributed by atoms with Crippen LogP contribution in [-0.2, 0) is 4.74 Å². The number of aliphatic hydroxyl groups excluding tert-OH is 2. The quantitative estimate of drug-likeness (QED) is 0.695. The summed E-state index contributed by atoms with van der Waals surface area (Å²) in [6, 6.07) is 0. The fourth-order valence-electron chi connectivity index (χ4n) is 1.63. The first kappa shape index (κ1) is 14.9. The highest BCUT2D eigenvalue weighted by Crippen LogP contribution is 2.20. The molecular weight excluding hydrogens is 192 g/mol. The molecule has 2 N–H and O–H groups in total. The number of ether oxygens (including phenoxy) is 1. The van der Waals surface area contributed by atoms with Gasteiger partial charge in [-0.15, -0.1) is 0 Å². The lowest BCUT2D eigenvalue weighted by Gasteiger charge is -2.21. The van der Waals surface area contributed by atoms with Crippen molar-refractivity contribution in [1.82, 2.24) is 0 Å². The summed E-state index contributed by atoms with van der Waals surface area (Å²) < 4.78 is 5.72. The topological polar surface area (TPSA) is 49.7 Å². The van der Waals surface area contributed by atoms with Crippen molar-refractivity contribution in [3.05, 3.63) is 0 Å². The van der Waals surface area contributed by atoms with Crippen LogP contribution in [0.15, 0.2) is 0 Å². The Balaban J connectivity index is 0.000000423. The second kappa shape index (κ2) is 12.0. The Morgan fingerprint density at radius 2 is 1.67 bits per heavy atom. The van der Waals surface area contributed by atoms with E-state index in [1.54, 1.807) is 0 Å². The summed E-state index contributed by atoms with van der Waals surface area (Å²) in [5, 5.41) is 15.2. The van der Waals surface area contributed by atoms with Crippen LogP contribution in [0.25, 0.3) is 0 Å². The highest BCUT2D eigenvalue weighted by molar-refractivity contribution is 4.64. The summed E-state index contributed by atoms with van der Waals surface area (Å²) in [6.07, 6.45) is 9.91. The van der Waals surface area contributed by atoms with Crippen molar-refractivity contribution in [3.8, 4) is 0 Å². The van der Waals surface area contributed by atoms with Crippen LogP contribution < -0.4 is 0 Å². The zero-order valence-electron chi connectivity index (χ0n) is 9.95. The van der Waals surface area contributed by atoms with Gasteiger partial charge in [-0.2, -0.15) is 0 Å². The van der Waals surface area contributed by atoms with Gasteiger partial charge < -0.3 is 14.9 Å². The van der Waals surface area contributed by atoms with Crippen LogP contribution in [0.3, 0.4) is 0 Å². The molecule has 92 valence electrons. The smallest absolute Gasteiger partial charge is 0.0662 e. The van der Waals surface area contributed by atoms with Crippen LogP contribution in [0.5, 0.6) is 0 Å². The van der Waals surface area contributed by atoms with E-state index >= 15 is 0 Å². The van der Waals surface area contributed by atoms with Crippen molar-refractivity contribution in [2.24, 2.45) is 0 Å². The Morgan fingerprint density at radius 3 is 2.13 bits per heavy atom. The molecule has 0 unspecified atom stereocenters. The Kier molecular flexibility index (Phi) is 11.9. The third kappa shape index (κ3) is 10.2. The normalized spacial score (nSPS) is 17.0. The van der Waals surface area contributed by atoms with Gasteiger partial charge in [0.2, 0.25) is 0 Å². The van der Waals surface area contributed by atoms with Crippen molar-refractivity contribution in [1.29, 1.82) is 0 Å². The van der Waals surface area contributed by atoms with Gasteiger partial charge in [-0.1, -0.05) is 32.6 Å². The Labute approximate surface area is 93.5 Å². The summed E-state index contributed by atoms with van der Waals surface area (Å²) in [5.41, 5.74) is 0. The lowest BCUT2D eigenvalue weighted by molar-refractivity contribution is 0.0269. The molecule has 0 amide bonds. The minimum atomic E-state index is -0.125. The van der Waals surface area contributed by atoms with Gasteiger partial charge >= 0.3 is 0 Å². The molecule has 1 saturated carbocycles. The molecule has 0 aliphatic heterocycles. The van der Waals surface area contributed by atoms with Gasteiger partial charge in [0.1, 0.15) is 0 Å². The molecule has 0 heterocycles. The van der Waals surface area contributed by atoms with Gasteiger partial charge in [-0.05, 0) is 19.3 Å². The molecule has 3 heteroatoms. The van der Waals surface area contributed by atoms with Crippen LogP contribution in [0.4, 0.5) is 0 Å². The van der Waals surface area contributed by atoms with Crippen LogP contribution >= 0.6 is 0 Å². The summed E-state index contributed by atoms with van der Waals surface area (Å²) in [7, 11) is 0. The first-order valence-electron chi connectivity index (χ1n) is 6.18. The zero-order valence-corrected chi connectivity index (χ0v) is 9.95. The summed E-state index contributed by atoms with van der Waals surface area (Å²) >= 11 is 0. The third-order valence-electron chi connectivity index (χ3n) is 2.50. The molecule has 0 aromatic heterocycles. The van der Waals surface area contributed by atoms with E-state index in [1.807, 2.05) is 0 Å². The van der Waals surface area contributed by atoms with Gasteiger partial charge in [0.25, 0.3) is 0 Å². The Bertz CT molecular complexity index is 109. The molecule has 1 aliphatic carbocycles. The third-order valence-corrected chi connectivity index (χ3v) is 2.50. The van der Waals surface area contributed by atoms with Crippen LogP contribution in [-0.4, -0.2) is 36.1 Å². The molecule has 0 bridgehead atoms. The highest BCUT2D eigenvalue weighted by atomic mass is 16.5. The summed E-state index contributed by atoms with van der Waals surface area (Å²) in [5.74, 6) is 0. The van der Waals surface area contributed by atoms with E-state index in [9.17, 15) is 0 Å². The Morgan fingerprint density at radius 1 is 1.07 bits per heavy atom. The van der Waals surface area contributed by atoms with E-state index in [0.717, 1.165) is 6.61 Å². The minimum absolute atomic E-state index is 0.125. The number of aliphatic hydroxyl groups is 2. The molecular formula is C12H26O3. The van der Waals surface area contributed by atoms with E-state index < -0.39 is 0 Å². The first-order chi connectivity index (χ1) is 7.35. The number of hydrogen-bond acceptors (Lipinski definition) is 3. The molecule has 0 radical (unpaired) electrons. The average molecular weight is 218 g/mol. The van der Waals surface area contributed by atoms with Gasteiger partial charge in [0.05, 0.1) is 19.3 Å². The standard InChI is InChI=1S/C10H20O.C2H6O2/c1-2-3-9-11-10-7-5-4-6-8-10;3-1-2-4/h10H,2-9H2,1H3;3-4H,1-2H2. The fraction of sp³-hybridized carbons (Fsp3) is 1.00. The Hall–Kier alpha value is -0.120. The minimum Gasteiger partial charge on any atom is -0.394 e. The lowest BCUT2D eigenvalue weighted by atomic mass is 9.98. The largest absolute Gasteiger partial charge is 0.394 e. The van der Waals surface area contributed by atoms with E-state index in [-0.39, 0.29) is 13.2 Å². The fourth-order valence-corrected chi connectivity index (χ4v) is 1.63. The molecule has 15 heavy (non-hydrogen) atoms. The van der Waals surface area contributed by atoms with Crippen LogP contribution in [0.2, 0.25) is 0 Å². The molecule has 0 aromatic rings. The van der Waals surface area contributed by atoms with Gasteiger partial charge in [0, 0.05) is 6.61 Å². The van der Waals surface area contributed by atoms with E-state index in [0.29, 0.717) is 6.10 Å². The summed E-state index contributed by atoms with van der Waals surface area (Å²) in [4.78, 5) is 0. The SMILES string of the molecule is CCCCOC1CCCCC1.OCCO. The molecule has 0 aromatic carbocycles. The van der Waals surface area contributed by atoms with Crippen LogP contribution in [0, 0.1) is 0 Å². The van der Waals surface area contributed by atoms with Gasteiger partial charge in [0.15, 0.2) is 0 Å². The second-order valence-electron chi connectivity index (χ2n) is 3.93. The van der Waals surface area contributed by atoms with Crippen molar-refractivity contribution in [2.75, 3.05) is 19.8 Å².